The summed E-state index contributed by atoms with van der Waals surface area (Å²) < 4.78 is 46.3. The molecule has 4 nitrogen and oxygen atoms in total. The maximum atomic E-state index is 12.9. The van der Waals surface area contributed by atoms with Crippen molar-refractivity contribution in [3.8, 4) is 5.75 Å². The van der Waals surface area contributed by atoms with E-state index >= 15 is 0 Å². The zero-order valence-electron chi connectivity index (χ0n) is 16.1. The molecule has 0 unspecified atom stereocenters. The van der Waals surface area contributed by atoms with Crippen LogP contribution in [-0.2, 0) is 25.1 Å². The molecule has 0 saturated heterocycles. The van der Waals surface area contributed by atoms with Gasteiger partial charge in [0.25, 0.3) is 0 Å². The van der Waals surface area contributed by atoms with E-state index in [-0.39, 0.29) is 6.61 Å². The first-order valence-electron chi connectivity index (χ1n) is 8.99. The van der Waals surface area contributed by atoms with Crippen molar-refractivity contribution in [3.05, 3.63) is 82.7 Å². The quantitative estimate of drug-likeness (QED) is 0.296. The Morgan fingerprint density at radius 3 is 2.70 bits per heavy atom. The Morgan fingerprint density at radius 2 is 2.00 bits per heavy atom. The number of thioether (sulfide) groups is 1. The van der Waals surface area contributed by atoms with Crippen molar-refractivity contribution in [1.82, 2.24) is 14.8 Å². The lowest BCUT2D eigenvalue weighted by Gasteiger charge is -2.11. The molecule has 0 N–H and O–H groups in total. The van der Waals surface area contributed by atoms with E-state index in [1.54, 1.807) is 24.3 Å². The number of benzene rings is 2. The van der Waals surface area contributed by atoms with Gasteiger partial charge >= 0.3 is 6.18 Å². The van der Waals surface area contributed by atoms with Crippen molar-refractivity contribution in [2.24, 2.45) is 0 Å². The number of hydrogen-bond donors (Lipinski definition) is 0. The number of rotatable bonds is 8. The van der Waals surface area contributed by atoms with Crippen LogP contribution in [0, 0.1) is 6.92 Å². The lowest BCUT2D eigenvalue weighted by atomic mass is 10.1. The van der Waals surface area contributed by atoms with Gasteiger partial charge in [0, 0.05) is 17.3 Å². The molecular weight excluding hydrogens is 435 g/mol. The maximum absolute atomic E-state index is 12.9. The first-order chi connectivity index (χ1) is 14.3. The molecule has 2 aromatic carbocycles. The summed E-state index contributed by atoms with van der Waals surface area (Å²) >= 11 is 7.34. The Bertz CT molecular complexity index is 1040. The molecule has 0 saturated carbocycles. The van der Waals surface area contributed by atoms with Crippen molar-refractivity contribution in [2.75, 3.05) is 0 Å². The van der Waals surface area contributed by atoms with Gasteiger partial charge in [0.2, 0.25) is 0 Å². The Kier molecular flexibility index (Phi) is 7.10. The van der Waals surface area contributed by atoms with Crippen LogP contribution >= 0.6 is 23.4 Å². The Labute approximate surface area is 181 Å². The van der Waals surface area contributed by atoms with Crippen LogP contribution in [0.2, 0.25) is 5.02 Å². The molecule has 3 aromatic rings. The minimum Gasteiger partial charge on any atom is -0.486 e. The van der Waals surface area contributed by atoms with Gasteiger partial charge in [-0.2, -0.15) is 13.2 Å². The van der Waals surface area contributed by atoms with Crippen molar-refractivity contribution >= 4 is 23.4 Å². The summed E-state index contributed by atoms with van der Waals surface area (Å²) in [4.78, 5) is 0. The number of allylic oxidation sites excluding steroid dienone is 1. The molecule has 0 amide bonds. The molecule has 0 aliphatic carbocycles. The summed E-state index contributed by atoms with van der Waals surface area (Å²) in [6.07, 6.45) is -2.66. The molecule has 0 aliphatic heterocycles. The highest BCUT2D eigenvalue weighted by Gasteiger charge is 2.30. The minimum atomic E-state index is -4.37. The average molecular weight is 454 g/mol. The third-order valence-electron chi connectivity index (χ3n) is 4.22. The zero-order chi connectivity index (χ0) is 21.7. The molecule has 158 valence electrons. The highest BCUT2D eigenvalue weighted by molar-refractivity contribution is 7.98. The van der Waals surface area contributed by atoms with Gasteiger partial charge in [-0.3, -0.25) is 4.57 Å². The highest BCUT2D eigenvalue weighted by Crippen LogP contribution is 2.31. The third kappa shape index (κ3) is 5.58. The minimum absolute atomic E-state index is 0.187. The first kappa shape index (κ1) is 22.2. The van der Waals surface area contributed by atoms with E-state index in [2.05, 4.69) is 16.8 Å². The van der Waals surface area contributed by atoms with Gasteiger partial charge in [0.15, 0.2) is 11.0 Å². The maximum Gasteiger partial charge on any atom is 0.416 e. The van der Waals surface area contributed by atoms with Crippen LogP contribution in [0.4, 0.5) is 13.2 Å². The SMILES string of the molecule is C=CCn1c(COc2ccc(Cl)c(C)c2)nnc1SCc1cccc(C(F)(F)F)c1. The van der Waals surface area contributed by atoms with Crippen LogP contribution in [0.15, 0.2) is 60.3 Å². The number of aromatic nitrogens is 3. The molecular formula is C21H19ClF3N3OS. The predicted octanol–water partition coefficient (Wildman–Crippen LogP) is 6.32. The van der Waals surface area contributed by atoms with Crippen LogP contribution in [-0.4, -0.2) is 14.8 Å². The summed E-state index contributed by atoms with van der Waals surface area (Å²) in [6.45, 7) is 6.28. The molecule has 3 rings (SSSR count). The van der Waals surface area contributed by atoms with E-state index in [1.807, 2.05) is 17.6 Å². The molecule has 0 atom stereocenters. The van der Waals surface area contributed by atoms with Gasteiger partial charge in [-0.25, -0.2) is 0 Å². The van der Waals surface area contributed by atoms with E-state index in [1.165, 1.54) is 17.8 Å². The van der Waals surface area contributed by atoms with Crippen LogP contribution < -0.4 is 4.74 Å². The number of alkyl halides is 3. The van der Waals surface area contributed by atoms with Crippen LogP contribution in [0.1, 0.15) is 22.5 Å². The molecule has 0 aliphatic rings. The van der Waals surface area contributed by atoms with Crippen molar-refractivity contribution in [1.29, 1.82) is 0 Å². The van der Waals surface area contributed by atoms with Crippen LogP contribution in [0.5, 0.6) is 5.75 Å². The molecule has 9 heteroatoms. The number of ether oxygens (including phenoxy) is 1. The Morgan fingerprint density at radius 1 is 1.20 bits per heavy atom. The topological polar surface area (TPSA) is 39.9 Å². The monoisotopic (exact) mass is 453 g/mol. The largest absolute Gasteiger partial charge is 0.486 e. The molecule has 30 heavy (non-hydrogen) atoms. The Balaban J connectivity index is 1.71. The fourth-order valence-electron chi connectivity index (χ4n) is 2.69. The second kappa shape index (κ2) is 9.57. The lowest BCUT2D eigenvalue weighted by Crippen LogP contribution is -2.08. The predicted molar refractivity (Wildman–Crippen MR) is 112 cm³/mol. The fraction of sp³-hybridized carbons (Fsp3) is 0.238. The molecule has 1 aromatic heterocycles. The summed E-state index contributed by atoms with van der Waals surface area (Å²) in [5, 5.41) is 9.58. The smallest absolute Gasteiger partial charge is 0.416 e. The van der Waals surface area contributed by atoms with Crippen molar-refractivity contribution in [3.63, 3.8) is 0 Å². The first-order valence-corrected chi connectivity index (χ1v) is 10.3. The van der Waals surface area contributed by atoms with Crippen LogP contribution in [0.3, 0.4) is 0 Å². The zero-order valence-corrected chi connectivity index (χ0v) is 17.7. The van der Waals surface area contributed by atoms with E-state index in [9.17, 15) is 13.2 Å². The number of hydrogen-bond acceptors (Lipinski definition) is 4. The van der Waals surface area contributed by atoms with Crippen molar-refractivity contribution in [2.45, 2.75) is 37.2 Å². The van der Waals surface area contributed by atoms with Crippen LogP contribution in [0.25, 0.3) is 0 Å². The average Bonchev–Trinajstić information content (AvgIpc) is 3.09. The summed E-state index contributed by atoms with van der Waals surface area (Å²) in [5.41, 5.74) is 0.789. The van der Waals surface area contributed by atoms with Gasteiger partial charge in [0.1, 0.15) is 12.4 Å². The second-order valence-electron chi connectivity index (χ2n) is 6.48. The van der Waals surface area contributed by atoms with E-state index in [4.69, 9.17) is 16.3 Å². The number of aryl methyl sites for hydroxylation is 1. The van der Waals surface area contributed by atoms with Gasteiger partial charge in [0.05, 0.1) is 5.56 Å². The molecule has 1 heterocycles. The number of nitrogens with zero attached hydrogens (tertiary/aromatic N) is 3. The highest BCUT2D eigenvalue weighted by atomic mass is 35.5. The molecule has 0 fully saturated rings. The van der Waals surface area contributed by atoms with Gasteiger partial charge in [-0.15, -0.1) is 16.8 Å². The molecule has 0 bridgehead atoms. The normalized spacial score (nSPS) is 11.5. The summed E-state index contributed by atoms with van der Waals surface area (Å²) in [7, 11) is 0. The summed E-state index contributed by atoms with van der Waals surface area (Å²) in [5.74, 6) is 1.58. The van der Waals surface area contributed by atoms with E-state index in [0.29, 0.717) is 39.6 Å². The van der Waals surface area contributed by atoms with Crippen molar-refractivity contribution < 1.29 is 17.9 Å². The lowest BCUT2D eigenvalue weighted by molar-refractivity contribution is -0.137. The van der Waals surface area contributed by atoms with Gasteiger partial charge in [-0.05, 0) is 42.3 Å². The molecule has 0 spiro atoms. The van der Waals surface area contributed by atoms with E-state index in [0.717, 1.165) is 17.7 Å². The van der Waals surface area contributed by atoms with E-state index < -0.39 is 11.7 Å². The fourth-order valence-corrected chi connectivity index (χ4v) is 3.71. The number of halogens is 4. The summed E-state index contributed by atoms with van der Waals surface area (Å²) in [6, 6.07) is 10.6. The molecule has 0 radical (unpaired) electrons. The standard InChI is InChI=1S/C21H19ClF3N3OS/c1-3-9-28-19(12-29-17-7-8-18(22)14(2)10-17)26-27-20(28)30-13-15-5-4-6-16(11-15)21(23,24)25/h3-8,10-11H,1,9,12-13H2,2H3. The van der Waals surface area contributed by atoms with Gasteiger partial charge in [-0.1, -0.05) is 47.6 Å². The Hall–Kier alpha value is -2.45. The van der Waals surface area contributed by atoms with Gasteiger partial charge < -0.3 is 4.74 Å². The third-order valence-corrected chi connectivity index (χ3v) is 5.69. The second-order valence-corrected chi connectivity index (χ2v) is 7.83.